The summed E-state index contributed by atoms with van der Waals surface area (Å²) in [6, 6.07) is 3.72. The predicted octanol–water partition coefficient (Wildman–Crippen LogP) is 5.34. The number of carbonyl (C=O) groups excluding carboxylic acids is 2. The van der Waals surface area contributed by atoms with Gasteiger partial charge in [-0.3, -0.25) is 14.6 Å². The van der Waals surface area contributed by atoms with Crippen LogP contribution in [0.4, 0.5) is 0 Å². The van der Waals surface area contributed by atoms with Gasteiger partial charge >= 0.3 is 5.97 Å². The summed E-state index contributed by atoms with van der Waals surface area (Å²) in [5.41, 5.74) is 2.75. The van der Waals surface area contributed by atoms with Crippen molar-refractivity contribution in [3.63, 3.8) is 0 Å². The molecule has 0 bridgehead atoms. The molecule has 6 nitrogen and oxygen atoms in total. The van der Waals surface area contributed by atoms with E-state index in [4.69, 9.17) is 19.2 Å². The first-order chi connectivity index (χ1) is 14.7. The zero-order valence-corrected chi connectivity index (χ0v) is 20.0. The van der Waals surface area contributed by atoms with Crippen molar-refractivity contribution in [2.75, 3.05) is 13.4 Å². The molecule has 4 rings (SSSR count). The number of hydrogen-bond acceptors (Lipinski definition) is 6. The number of halogens is 1. The number of aliphatic imine (C=N–C) groups is 1. The van der Waals surface area contributed by atoms with Crippen molar-refractivity contribution in [1.82, 2.24) is 0 Å². The van der Waals surface area contributed by atoms with Crippen molar-refractivity contribution in [3.05, 3.63) is 33.4 Å². The summed E-state index contributed by atoms with van der Waals surface area (Å²) in [4.78, 5) is 31.3. The SMILES string of the molecule is CCCCOC(=O)C1C(C)=NC2=C(C(=O)CC(C)(C)C2)[C@@H]1c1cc2c(cc1Br)OCO2. The molecule has 2 atom stereocenters. The average Bonchev–Trinajstić information content (AvgIpc) is 3.12. The van der Waals surface area contributed by atoms with Gasteiger partial charge in [-0.05, 0) is 42.9 Å². The largest absolute Gasteiger partial charge is 0.465 e. The highest BCUT2D eigenvalue weighted by Crippen LogP contribution is 2.51. The van der Waals surface area contributed by atoms with Crippen LogP contribution >= 0.6 is 15.9 Å². The third kappa shape index (κ3) is 4.16. The van der Waals surface area contributed by atoms with Gasteiger partial charge in [-0.25, -0.2) is 0 Å². The zero-order chi connectivity index (χ0) is 22.3. The number of ketones is 1. The van der Waals surface area contributed by atoms with Gasteiger partial charge in [-0.15, -0.1) is 0 Å². The summed E-state index contributed by atoms with van der Waals surface area (Å²) < 4.78 is 17.5. The highest BCUT2D eigenvalue weighted by Gasteiger charge is 2.47. The molecule has 2 aliphatic heterocycles. The van der Waals surface area contributed by atoms with Crippen molar-refractivity contribution in [1.29, 1.82) is 0 Å². The molecule has 0 radical (unpaired) electrons. The van der Waals surface area contributed by atoms with Crippen LogP contribution in [0.3, 0.4) is 0 Å². The quantitative estimate of drug-likeness (QED) is 0.412. The van der Waals surface area contributed by atoms with Gasteiger partial charge in [0.05, 0.1) is 6.61 Å². The molecule has 0 fully saturated rings. The Hall–Kier alpha value is -2.15. The van der Waals surface area contributed by atoms with Crippen LogP contribution in [0.1, 0.15) is 64.9 Å². The second-order valence-corrected chi connectivity index (χ2v) is 10.1. The molecule has 0 saturated carbocycles. The van der Waals surface area contributed by atoms with Crippen LogP contribution in [0.15, 0.2) is 32.9 Å². The van der Waals surface area contributed by atoms with Crippen LogP contribution in [0, 0.1) is 11.3 Å². The number of ether oxygens (including phenoxy) is 3. The van der Waals surface area contributed by atoms with Gasteiger partial charge in [0.2, 0.25) is 6.79 Å². The molecule has 7 heteroatoms. The highest BCUT2D eigenvalue weighted by molar-refractivity contribution is 9.10. The van der Waals surface area contributed by atoms with Crippen LogP contribution in [0.5, 0.6) is 11.5 Å². The van der Waals surface area contributed by atoms with E-state index in [1.807, 2.05) is 26.0 Å². The van der Waals surface area contributed by atoms with Crippen molar-refractivity contribution in [2.45, 2.75) is 59.3 Å². The van der Waals surface area contributed by atoms with Crippen molar-refractivity contribution in [2.24, 2.45) is 16.3 Å². The minimum Gasteiger partial charge on any atom is -0.465 e. The topological polar surface area (TPSA) is 74.2 Å². The molecule has 0 N–H and O–H groups in total. The number of nitrogens with zero attached hydrogens (tertiary/aromatic N) is 1. The number of Topliss-reactive ketones (excluding diaryl/α,β-unsaturated/α-hetero) is 1. The molecule has 2 heterocycles. The zero-order valence-electron chi connectivity index (χ0n) is 18.4. The second kappa shape index (κ2) is 8.41. The van der Waals surface area contributed by atoms with Gasteiger partial charge in [-0.2, -0.15) is 0 Å². The van der Waals surface area contributed by atoms with E-state index in [-0.39, 0.29) is 24.0 Å². The number of esters is 1. The number of unbranched alkanes of at least 4 members (excludes halogenated alkanes) is 1. The molecule has 31 heavy (non-hydrogen) atoms. The van der Waals surface area contributed by atoms with Crippen molar-refractivity contribution < 1.29 is 23.8 Å². The summed E-state index contributed by atoms with van der Waals surface area (Å²) in [5, 5.41) is 0. The van der Waals surface area contributed by atoms with Gasteiger partial charge < -0.3 is 14.2 Å². The van der Waals surface area contributed by atoms with Crippen molar-refractivity contribution in [3.8, 4) is 11.5 Å². The molecule has 0 spiro atoms. The van der Waals surface area contributed by atoms with E-state index < -0.39 is 11.8 Å². The smallest absolute Gasteiger partial charge is 0.315 e. The lowest BCUT2D eigenvalue weighted by Gasteiger charge is -2.39. The Morgan fingerprint density at radius 1 is 1.26 bits per heavy atom. The van der Waals surface area contributed by atoms with E-state index >= 15 is 0 Å². The highest BCUT2D eigenvalue weighted by atomic mass is 79.9. The summed E-state index contributed by atoms with van der Waals surface area (Å²) in [5.74, 6) is -0.171. The number of hydrogen-bond donors (Lipinski definition) is 0. The molecule has 1 aliphatic carbocycles. The van der Waals surface area contributed by atoms with Gasteiger partial charge in [0, 0.05) is 33.8 Å². The Balaban J connectivity index is 1.83. The summed E-state index contributed by atoms with van der Waals surface area (Å²) in [6.45, 7) is 8.58. The van der Waals surface area contributed by atoms with Crippen LogP contribution in [-0.2, 0) is 14.3 Å². The van der Waals surface area contributed by atoms with Gasteiger partial charge in [-0.1, -0.05) is 43.1 Å². The molecule has 166 valence electrons. The van der Waals surface area contributed by atoms with E-state index in [1.165, 1.54) is 0 Å². The Bertz CT molecular complexity index is 994. The fourth-order valence-electron chi connectivity index (χ4n) is 4.66. The molecule has 1 aromatic rings. The second-order valence-electron chi connectivity index (χ2n) is 9.26. The predicted molar refractivity (Wildman–Crippen MR) is 121 cm³/mol. The van der Waals surface area contributed by atoms with E-state index in [9.17, 15) is 9.59 Å². The molecule has 1 unspecified atom stereocenters. The molecule has 1 aromatic carbocycles. The van der Waals surface area contributed by atoms with Crippen LogP contribution in [-0.4, -0.2) is 30.9 Å². The van der Waals surface area contributed by atoms with E-state index in [0.29, 0.717) is 42.2 Å². The Morgan fingerprint density at radius 3 is 2.68 bits per heavy atom. The number of benzene rings is 1. The lowest BCUT2D eigenvalue weighted by atomic mass is 9.67. The maximum absolute atomic E-state index is 13.4. The molecule has 0 aromatic heterocycles. The van der Waals surface area contributed by atoms with Crippen LogP contribution in [0.2, 0.25) is 0 Å². The van der Waals surface area contributed by atoms with E-state index in [0.717, 1.165) is 28.6 Å². The van der Waals surface area contributed by atoms with Crippen molar-refractivity contribution >= 4 is 33.4 Å². The maximum atomic E-state index is 13.4. The molecule has 0 saturated heterocycles. The van der Waals surface area contributed by atoms with Gasteiger partial charge in [0.15, 0.2) is 17.3 Å². The number of fused-ring (bicyclic) bond motifs is 1. The molecule has 0 amide bonds. The Kier molecular flexibility index (Phi) is 5.99. The first-order valence-electron chi connectivity index (χ1n) is 10.8. The number of allylic oxidation sites excluding steroid dienone is 2. The molecular weight excluding hydrogens is 462 g/mol. The normalized spacial score (nSPS) is 24.0. The third-order valence-corrected chi connectivity index (χ3v) is 6.81. The maximum Gasteiger partial charge on any atom is 0.315 e. The van der Waals surface area contributed by atoms with Crippen LogP contribution in [0.25, 0.3) is 0 Å². The fourth-order valence-corrected chi connectivity index (χ4v) is 5.23. The Labute approximate surface area is 191 Å². The third-order valence-electron chi connectivity index (χ3n) is 6.13. The first kappa shape index (κ1) is 22.1. The average molecular weight is 490 g/mol. The summed E-state index contributed by atoms with van der Waals surface area (Å²) in [7, 11) is 0. The van der Waals surface area contributed by atoms with Crippen LogP contribution < -0.4 is 9.47 Å². The molecule has 3 aliphatic rings. The number of rotatable bonds is 5. The standard InChI is InChI=1S/C24H28BrNO5/c1-5-6-7-29-23(28)20-13(2)26-16-10-24(3,4)11-17(27)22(16)21(20)14-8-18-19(9-15(14)25)31-12-30-18/h8-9,20-21H,5-7,10-12H2,1-4H3/t20?,21-/m1/s1. The minimum absolute atomic E-state index is 0.0448. The fraction of sp³-hybridized carbons (Fsp3) is 0.542. The first-order valence-corrected chi connectivity index (χ1v) is 11.6. The number of carbonyl (C=O) groups is 2. The minimum atomic E-state index is -0.655. The van der Waals surface area contributed by atoms with E-state index in [1.54, 1.807) is 0 Å². The molecular formula is C24H28BrNO5. The van der Waals surface area contributed by atoms with E-state index in [2.05, 4.69) is 29.8 Å². The van der Waals surface area contributed by atoms with Gasteiger partial charge in [0.1, 0.15) is 5.92 Å². The van der Waals surface area contributed by atoms with Gasteiger partial charge in [0.25, 0.3) is 0 Å². The lowest BCUT2D eigenvalue weighted by Crippen LogP contribution is -2.39. The lowest BCUT2D eigenvalue weighted by molar-refractivity contribution is -0.146. The Morgan fingerprint density at radius 2 is 1.97 bits per heavy atom. The summed E-state index contributed by atoms with van der Waals surface area (Å²) in [6.07, 6.45) is 2.86. The summed E-state index contributed by atoms with van der Waals surface area (Å²) >= 11 is 3.64. The monoisotopic (exact) mass is 489 g/mol.